The molecule has 1 aromatic carbocycles. The predicted molar refractivity (Wildman–Crippen MR) is 72.0 cm³/mol. The van der Waals surface area contributed by atoms with Gasteiger partial charge in [0.1, 0.15) is 0 Å². The van der Waals surface area contributed by atoms with Crippen LogP contribution in [0.5, 0.6) is 0 Å². The second-order valence-electron chi connectivity index (χ2n) is 4.09. The molecule has 2 rings (SSSR count). The number of anilines is 1. The molecule has 2 N–H and O–H groups in total. The zero-order valence-electron chi connectivity index (χ0n) is 9.60. The van der Waals surface area contributed by atoms with Crippen LogP contribution in [0, 0.1) is 0 Å². The molecule has 92 valence electrons. The molecule has 1 amide bonds. The first-order valence-electron chi connectivity index (χ1n) is 5.69. The number of piperazine rings is 1. The van der Waals surface area contributed by atoms with Gasteiger partial charge in [-0.25, -0.2) is 0 Å². The molecule has 1 saturated heterocycles. The Balaban J connectivity index is 2.07. The predicted octanol–water partition coefficient (Wildman–Crippen LogP) is 1.06. The van der Waals surface area contributed by atoms with Crippen LogP contribution in [0.15, 0.2) is 28.7 Å². The highest BCUT2D eigenvalue weighted by atomic mass is 79.9. The number of benzene rings is 1. The SMILES string of the molecule is NCCN1CCN(c2cccc(Br)c2)C(=O)C1. The molecule has 4 nitrogen and oxygen atoms in total. The van der Waals surface area contributed by atoms with E-state index in [-0.39, 0.29) is 5.91 Å². The van der Waals surface area contributed by atoms with Gasteiger partial charge < -0.3 is 10.6 Å². The molecule has 0 radical (unpaired) electrons. The number of hydrogen-bond donors (Lipinski definition) is 1. The molecule has 0 saturated carbocycles. The summed E-state index contributed by atoms with van der Waals surface area (Å²) >= 11 is 3.42. The van der Waals surface area contributed by atoms with Gasteiger partial charge in [-0.1, -0.05) is 22.0 Å². The Morgan fingerprint density at radius 2 is 2.18 bits per heavy atom. The van der Waals surface area contributed by atoms with Gasteiger partial charge in [0, 0.05) is 36.3 Å². The fourth-order valence-electron chi connectivity index (χ4n) is 2.01. The highest BCUT2D eigenvalue weighted by Crippen LogP contribution is 2.21. The van der Waals surface area contributed by atoms with E-state index in [1.165, 1.54) is 0 Å². The average Bonchev–Trinajstić information content (AvgIpc) is 2.29. The molecule has 1 aromatic rings. The van der Waals surface area contributed by atoms with Crippen LogP contribution in [0.2, 0.25) is 0 Å². The van der Waals surface area contributed by atoms with Crippen molar-refractivity contribution in [1.82, 2.24) is 4.90 Å². The third kappa shape index (κ3) is 3.06. The number of halogens is 1. The summed E-state index contributed by atoms with van der Waals surface area (Å²) in [5.41, 5.74) is 6.45. The van der Waals surface area contributed by atoms with Gasteiger partial charge in [0.05, 0.1) is 6.54 Å². The molecule has 0 aliphatic carbocycles. The highest BCUT2D eigenvalue weighted by molar-refractivity contribution is 9.10. The van der Waals surface area contributed by atoms with Crippen molar-refractivity contribution < 1.29 is 4.79 Å². The number of amides is 1. The van der Waals surface area contributed by atoms with Crippen LogP contribution in [0.25, 0.3) is 0 Å². The normalized spacial score (nSPS) is 17.5. The summed E-state index contributed by atoms with van der Waals surface area (Å²) in [5, 5.41) is 0. The maximum absolute atomic E-state index is 12.0. The van der Waals surface area contributed by atoms with Gasteiger partial charge in [0.2, 0.25) is 5.91 Å². The molecule has 17 heavy (non-hydrogen) atoms. The van der Waals surface area contributed by atoms with Gasteiger partial charge in [-0.2, -0.15) is 0 Å². The van der Waals surface area contributed by atoms with Crippen LogP contribution in [0.4, 0.5) is 5.69 Å². The molecule has 0 aromatic heterocycles. The van der Waals surface area contributed by atoms with Gasteiger partial charge in [-0.05, 0) is 18.2 Å². The van der Waals surface area contributed by atoms with Gasteiger partial charge in [0.15, 0.2) is 0 Å². The molecular weight excluding hydrogens is 282 g/mol. The number of nitrogens with zero attached hydrogens (tertiary/aromatic N) is 2. The number of carbonyl (C=O) groups excluding carboxylic acids is 1. The third-order valence-electron chi connectivity index (χ3n) is 2.86. The Bertz CT molecular complexity index is 410. The highest BCUT2D eigenvalue weighted by Gasteiger charge is 2.24. The number of hydrogen-bond acceptors (Lipinski definition) is 3. The summed E-state index contributed by atoms with van der Waals surface area (Å²) in [7, 11) is 0. The van der Waals surface area contributed by atoms with Crippen LogP contribution in [0.1, 0.15) is 0 Å². The first kappa shape index (κ1) is 12.5. The van der Waals surface area contributed by atoms with E-state index in [2.05, 4.69) is 20.8 Å². The van der Waals surface area contributed by atoms with Crippen LogP contribution in [-0.2, 0) is 4.79 Å². The van der Waals surface area contributed by atoms with Gasteiger partial charge in [-0.15, -0.1) is 0 Å². The number of nitrogens with two attached hydrogens (primary N) is 1. The molecule has 1 aliphatic heterocycles. The lowest BCUT2D eigenvalue weighted by Gasteiger charge is -2.34. The van der Waals surface area contributed by atoms with Crippen molar-refractivity contribution in [3.8, 4) is 0 Å². The lowest BCUT2D eigenvalue weighted by molar-refractivity contribution is -0.121. The van der Waals surface area contributed by atoms with E-state index in [0.29, 0.717) is 13.1 Å². The van der Waals surface area contributed by atoms with E-state index in [9.17, 15) is 4.79 Å². The largest absolute Gasteiger partial charge is 0.329 e. The second kappa shape index (κ2) is 5.62. The van der Waals surface area contributed by atoms with Gasteiger partial charge >= 0.3 is 0 Å². The zero-order valence-corrected chi connectivity index (χ0v) is 11.2. The number of carbonyl (C=O) groups is 1. The van der Waals surface area contributed by atoms with Crippen LogP contribution in [-0.4, -0.2) is 43.5 Å². The molecule has 0 spiro atoms. The fraction of sp³-hybridized carbons (Fsp3) is 0.417. The van der Waals surface area contributed by atoms with E-state index in [4.69, 9.17) is 5.73 Å². The Morgan fingerprint density at radius 1 is 1.35 bits per heavy atom. The topological polar surface area (TPSA) is 49.6 Å². The van der Waals surface area contributed by atoms with E-state index in [1.54, 1.807) is 0 Å². The smallest absolute Gasteiger partial charge is 0.241 e. The lowest BCUT2D eigenvalue weighted by atomic mass is 10.2. The quantitative estimate of drug-likeness (QED) is 0.907. The van der Waals surface area contributed by atoms with Crippen LogP contribution in [0.3, 0.4) is 0 Å². The molecule has 1 aliphatic rings. The summed E-state index contributed by atoms with van der Waals surface area (Å²) in [5.74, 6) is 0.141. The van der Waals surface area contributed by atoms with E-state index >= 15 is 0 Å². The van der Waals surface area contributed by atoms with Crippen molar-refractivity contribution in [2.24, 2.45) is 5.73 Å². The standard InChI is InChI=1S/C12H16BrN3O/c13-10-2-1-3-11(8-10)16-7-6-15(5-4-14)9-12(16)17/h1-3,8H,4-7,9,14H2. The first-order valence-corrected chi connectivity index (χ1v) is 6.48. The Labute approximate surface area is 110 Å². The minimum Gasteiger partial charge on any atom is -0.329 e. The lowest BCUT2D eigenvalue weighted by Crippen LogP contribution is -2.51. The maximum atomic E-state index is 12.0. The van der Waals surface area contributed by atoms with Crippen molar-refractivity contribution in [2.75, 3.05) is 37.6 Å². The number of rotatable bonds is 3. The fourth-order valence-corrected chi connectivity index (χ4v) is 2.40. The zero-order chi connectivity index (χ0) is 12.3. The summed E-state index contributed by atoms with van der Waals surface area (Å²) in [4.78, 5) is 15.9. The Morgan fingerprint density at radius 3 is 2.82 bits per heavy atom. The monoisotopic (exact) mass is 297 g/mol. The van der Waals surface area contributed by atoms with Crippen molar-refractivity contribution in [3.05, 3.63) is 28.7 Å². The van der Waals surface area contributed by atoms with Crippen molar-refractivity contribution in [3.63, 3.8) is 0 Å². The maximum Gasteiger partial charge on any atom is 0.241 e. The first-order chi connectivity index (χ1) is 8.20. The molecule has 0 bridgehead atoms. The molecule has 5 heteroatoms. The summed E-state index contributed by atoms with van der Waals surface area (Å²) < 4.78 is 0.993. The molecule has 1 fully saturated rings. The minimum atomic E-state index is 0.141. The molecular formula is C12H16BrN3O. The minimum absolute atomic E-state index is 0.141. The van der Waals surface area contributed by atoms with Gasteiger partial charge in [-0.3, -0.25) is 9.69 Å². The van der Waals surface area contributed by atoms with E-state index < -0.39 is 0 Å². The summed E-state index contributed by atoms with van der Waals surface area (Å²) in [6.07, 6.45) is 0. The van der Waals surface area contributed by atoms with Crippen molar-refractivity contribution in [2.45, 2.75) is 0 Å². The third-order valence-corrected chi connectivity index (χ3v) is 3.36. The Hall–Kier alpha value is -0.910. The van der Waals surface area contributed by atoms with E-state index in [1.807, 2.05) is 29.2 Å². The van der Waals surface area contributed by atoms with Gasteiger partial charge in [0.25, 0.3) is 0 Å². The Kier molecular flexibility index (Phi) is 4.15. The van der Waals surface area contributed by atoms with Crippen LogP contribution < -0.4 is 10.6 Å². The molecule has 0 unspecified atom stereocenters. The molecule has 1 heterocycles. The summed E-state index contributed by atoms with van der Waals surface area (Å²) in [6, 6.07) is 7.83. The van der Waals surface area contributed by atoms with E-state index in [0.717, 1.165) is 29.8 Å². The second-order valence-corrected chi connectivity index (χ2v) is 5.01. The average molecular weight is 298 g/mol. The summed E-state index contributed by atoms with van der Waals surface area (Å²) in [6.45, 7) is 3.47. The van der Waals surface area contributed by atoms with Crippen molar-refractivity contribution in [1.29, 1.82) is 0 Å². The van der Waals surface area contributed by atoms with Crippen LogP contribution >= 0.6 is 15.9 Å². The molecule has 0 atom stereocenters. The van der Waals surface area contributed by atoms with Crippen molar-refractivity contribution >= 4 is 27.5 Å².